The van der Waals surface area contributed by atoms with E-state index in [-0.39, 0.29) is 5.52 Å². The maximum Gasteiger partial charge on any atom is 0.416 e. The number of benzene rings is 2. The lowest BCUT2D eigenvalue weighted by Crippen LogP contribution is -2.23. The number of alkyl halides is 3. The van der Waals surface area contributed by atoms with E-state index in [4.69, 9.17) is 14.6 Å². The lowest BCUT2D eigenvalue weighted by atomic mass is 10.1. The lowest BCUT2D eigenvalue weighted by molar-refractivity contribution is -0.144. The summed E-state index contributed by atoms with van der Waals surface area (Å²) in [4.78, 5) is 11.1. The normalized spacial score (nSPS) is 12.8. The van der Waals surface area contributed by atoms with Crippen molar-refractivity contribution in [1.82, 2.24) is 15.0 Å². The molecule has 1 unspecified atom stereocenters. The summed E-state index contributed by atoms with van der Waals surface area (Å²) in [5.74, 6) is -0.404. The molecule has 7 nitrogen and oxygen atoms in total. The number of nitrogens with zero attached hydrogens (tertiary/aromatic N) is 3. The van der Waals surface area contributed by atoms with Crippen molar-refractivity contribution in [3.63, 3.8) is 0 Å². The van der Waals surface area contributed by atoms with Gasteiger partial charge in [-0.3, -0.25) is 0 Å². The Morgan fingerprint density at radius 3 is 2.59 bits per heavy atom. The van der Waals surface area contributed by atoms with Crippen LogP contribution in [0.1, 0.15) is 25.0 Å². The van der Waals surface area contributed by atoms with Gasteiger partial charge in [0.1, 0.15) is 17.0 Å². The number of rotatable bonds is 6. The zero-order valence-corrected chi connectivity index (χ0v) is 15.8. The smallest absolute Gasteiger partial charge is 0.416 e. The second kappa shape index (κ2) is 7.61. The van der Waals surface area contributed by atoms with Gasteiger partial charge in [-0.2, -0.15) is 13.2 Å². The van der Waals surface area contributed by atoms with E-state index in [0.717, 1.165) is 12.1 Å². The van der Waals surface area contributed by atoms with Crippen molar-refractivity contribution < 1.29 is 32.5 Å². The number of carboxylic acid groups (broad SMARTS) is 1. The zero-order valence-electron chi connectivity index (χ0n) is 15.8. The monoisotopic (exact) mass is 409 g/mol. The summed E-state index contributed by atoms with van der Waals surface area (Å²) in [5, 5.41) is 16.9. The van der Waals surface area contributed by atoms with Crippen molar-refractivity contribution in [2.75, 3.05) is 7.11 Å². The SMILES string of the molecule is CCc1c(OC(C)C(=O)O)ccc(-n2nnc3cc(C(F)(F)F)ccc32)c1OC. The number of halogens is 3. The molecule has 0 bridgehead atoms. The van der Waals surface area contributed by atoms with E-state index in [1.165, 1.54) is 24.8 Å². The minimum absolute atomic E-state index is 0.0831. The largest absolute Gasteiger partial charge is 0.494 e. The Labute approximate surface area is 163 Å². The van der Waals surface area contributed by atoms with Gasteiger partial charge in [-0.1, -0.05) is 12.1 Å². The molecule has 0 amide bonds. The van der Waals surface area contributed by atoms with Crippen molar-refractivity contribution in [2.24, 2.45) is 0 Å². The van der Waals surface area contributed by atoms with Crippen LogP contribution in [0.2, 0.25) is 0 Å². The maximum absolute atomic E-state index is 12.9. The number of carboxylic acids is 1. The molecule has 3 rings (SSSR count). The molecule has 0 radical (unpaired) electrons. The zero-order chi connectivity index (χ0) is 21.3. The Balaban J connectivity index is 2.12. The summed E-state index contributed by atoms with van der Waals surface area (Å²) in [6, 6.07) is 6.35. The fourth-order valence-electron chi connectivity index (χ4n) is 2.96. The third-order valence-electron chi connectivity index (χ3n) is 4.41. The second-order valence-electron chi connectivity index (χ2n) is 6.25. The standard InChI is InChI=1S/C19H18F3N3O4/c1-4-12-16(29-10(2)18(26)27)8-7-15(17(12)28-3)25-14-6-5-11(19(20,21)22)9-13(14)23-24-25/h5-10H,4H2,1-3H3,(H,26,27). The summed E-state index contributed by atoms with van der Waals surface area (Å²) >= 11 is 0. The van der Waals surface area contributed by atoms with Gasteiger partial charge in [-0.25, -0.2) is 9.48 Å². The Morgan fingerprint density at radius 2 is 2.00 bits per heavy atom. The van der Waals surface area contributed by atoms with Gasteiger partial charge in [0.25, 0.3) is 0 Å². The van der Waals surface area contributed by atoms with Crippen LogP contribution in [0, 0.1) is 0 Å². The average Bonchev–Trinajstić information content (AvgIpc) is 3.09. The highest BCUT2D eigenvalue weighted by Crippen LogP contribution is 2.37. The molecule has 0 saturated heterocycles. The fraction of sp³-hybridized carbons (Fsp3) is 0.316. The molecule has 0 saturated carbocycles. The number of hydrogen-bond donors (Lipinski definition) is 1. The Kier molecular flexibility index (Phi) is 5.36. The first-order valence-corrected chi connectivity index (χ1v) is 8.69. The molecule has 0 aliphatic rings. The van der Waals surface area contributed by atoms with Crippen LogP contribution in [0.25, 0.3) is 16.7 Å². The summed E-state index contributed by atoms with van der Waals surface area (Å²) < 4.78 is 51.2. The molecular weight excluding hydrogens is 391 g/mol. The highest BCUT2D eigenvalue weighted by atomic mass is 19.4. The van der Waals surface area contributed by atoms with Crippen LogP contribution in [0.5, 0.6) is 11.5 Å². The van der Waals surface area contributed by atoms with Crippen molar-refractivity contribution >= 4 is 17.0 Å². The molecule has 154 valence electrons. The first-order chi connectivity index (χ1) is 13.7. The second-order valence-corrected chi connectivity index (χ2v) is 6.25. The predicted octanol–water partition coefficient (Wildman–Crippen LogP) is 3.86. The van der Waals surface area contributed by atoms with Gasteiger partial charge in [-0.05, 0) is 43.7 Å². The minimum atomic E-state index is -4.48. The molecule has 3 aromatic rings. The summed E-state index contributed by atoms with van der Waals surface area (Å²) in [6.07, 6.45) is -5.09. The van der Waals surface area contributed by atoms with Crippen LogP contribution in [0.15, 0.2) is 30.3 Å². The van der Waals surface area contributed by atoms with Crippen molar-refractivity contribution in [1.29, 1.82) is 0 Å². The summed E-state index contributed by atoms with van der Waals surface area (Å²) in [6.45, 7) is 3.25. The number of aliphatic carboxylic acids is 1. The molecule has 0 fully saturated rings. The van der Waals surface area contributed by atoms with E-state index in [0.29, 0.717) is 34.7 Å². The number of fused-ring (bicyclic) bond motifs is 1. The van der Waals surface area contributed by atoms with Crippen LogP contribution in [-0.2, 0) is 17.4 Å². The highest BCUT2D eigenvalue weighted by molar-refractivity contribution is 5.78. The van der Waals surface area contributed by atoms with Crippen LogP contribution in [-0.4, -0.2) is 39.3 Å². The molecule has 10 heteroatoms. The van der Waals surface area contributed by atoms with E-state index in [1.54, 1.807) is 12.1 Å². The lowest BCUT2D eigenvalue weighted by Gasteiger charge is -2.19. The van der Waals surface area contributed by atoms with Gasteiger partial charge in [0.15, 0.2) is 11.9 Å². The van der Waals surface area contributed by atoms with E-state index in [1.807, 2.05) is 6.92 Å². The molecule has 1 heterocycles. The molecule has 0 spiro atoms. The van der Waals surface area contributed by atoms with Crippen LogP contribution < -0.4 is 9.47 Å². The van der Waals surface area contributed by atoms with Crippen LogP contribution >= 0.6 is 0 Å². The fourth-order valence-corrected chi connectivity index (χ4v) is 2.96. The van der Waals surface area contributed by atoms with E-state index in [2.05, 4.69) is 10.3 Å². The van der Waals surface area contributed by atoms with E-state index < -0.39 is 23.8 Å². The van der Waals surface area contributed by atoms with Gasteiger partial charge in [0, 0.05) is 5.56 Å². The molecule has 1 atom stereocenters. The van der Waals surface area contributed by atoms with Crippen LogP contribution in [0.3, 0.4) is 0 Å². The maximum atomic E-state index is 12.9. The Hall–Kier alpha value is -3.30. The van der Waals surface area contributed by atoms with Crippen molar-refractivity contribution in [3.05, 3.63) is 41.5 Å². The Morgan fingerprint density at radius 1 is 1.28 bits per heavy atom. The molecule has 29 heavy (non-hydrogen) atoms. The number of carbonyl (C=O) groups is 1. The summed E-state index contributed by atoms with van der Waals surface area (Å²) in [5.41, 5.74) is 0.686. The molecule has 0 aliphatic carbocycles. The minimum Gasteiger partial charge on any atom is -0.494 e. The molecular formula is C19H18F3N3O4. The van der Waals surface area contributed by atoms with Gasteiger partial charge in [0.2, 0.25) is 0 Å². The highest BCUT2D eigenvalue weighted by Gasteiger charge is 2.31. The van der Waals surface area contributed by atoms with Gasteiger partial charge >= 0.3 is 12.1 Å². The molecule has 0 aliphatic heterocycles. The van der Waals surface area contributed by atoms with E-state index >= 15 is 0 Å². The third-order valence-corrected chi connectivity index (χ3v) is 4.41. The van der Waals surface area contributed by atoms with E-state index in [9.17, 15) is 18.0 Å². The van der Waals surface area contributed by atoms with Gasteiger partial charge in [-0.15, -0.1) is 5.10 Å². The number of methoxy groups -OCH3 is 1. The number of aromatic nitrogens is 3. The summed E-state index contributed by atoms with van der Waals surface area (Å²) in [7, 11) is 1.43. The van der Waals surface area contributed by atoms with Crippen molar-refractivity contribution in [2.45, 2.75) is 32.5 Å². The predicted molar refractivity (Wildman–Crippen MR) is 97.5 cm³/mol. The van der Waals surface area contributed by atoms with Gasteiger partial charge < -0.3 is 14.6 Å². The first-order valence-electron chi connectivity index (χ1n) is 8.69. The topological polar surface area (TPSA) is 86.5 Å². The molecule has 1 N–H and O–H groups in total. The quantitative estimate of drug-likeness (QED) is 0.665. The first kappa shape index (κ1) is 20.4. The molecule has 1 aromatic heterocycles. The van der Waals surface area contributed by atoms with Crippen molar-refractivity contribution in [3.8, 4) is 17.2 Å². The third kappa shape index (κ3) is 3.82. The number of hydrogen-bond acceptors (Lipinski definition) is 5. The van der Waals surface area contributed by atoms with Gasteiger partial charge in [0.05, 0.1) is 18.2 Å². The molecule has 2 aromatic carbocycles. The number of ether oxygens (including phenoxy) is 2. The average molecular weight is 409 g/mol. The van der Waals surface area contributed by atoms with Crippen LogP contribution in [0.4, 0.5) is 13.2 Å². The Bertz CT molecular complexity index is 1060.